The second kappa shape index (κ2) is 10.8. The molecule has 2 rings (SSSR count). The maximum absolute atomic E-state index is 12.6. The second-order valence-corrected chi connectivity index (χ2v) is 7.21. The standard InChI is InChI=1S/C22H34N6O2/c1-7-27(8-2)19(29)15-25(5)21-17-13-11-12-14-18(17)23-22(24-21)26(6)16-20(30)28(9-3)10-4/h11-14H,7-10,15-16H2,1-6H3. The molecule has 1 aromatic heterocycles. The van der Waals surface area contributed by atoms with Crippen molar-refractivity contribution in [2.45, 2.75) is 27.7 Å². The first-order valence-corrected chi connectivity index (χ1v) is 10.6. The van der Waals surface area contributed by atoms with Crippen molar-refractivity contribution in [1.82, 2.24) is 19.8 Å². The van der Waals surface area contributed by atoms with Crippen LogP contribution in [-0.2, 0) is 9.59 Å². The zero-order valence-electron chi connectivity index (χ0n) is 19.1. The Labute approximate surface area is 179 Å². The highest BCUT2D eigenvalue weighted by molar-refractivity contribution is 5.92. The van der Waals surface area contributed by atoms with E-state index in [1.165, 1.54) is 0 Å². The van der Waals surface area contributed by atoms with E-state index in [0.717, 1.165) is 10.9 Å². The zero-order chi connectivity index (χ0) is 22.3. The van der Waals surface area contributed by atoms with Crippen LogP contribution in [0.3, 0.4) is 0 Å². The fraction of sp³-hybridized carbons (Fsp3) is 0.545. The van der Waals surface area contributed by atoms with Gasteiger partial charge in [0, 0.05) is 45.7 Å². The Balaban J connectivity index is 2.35. The van der Waals surface area contributed by atoms with Crippen LogP contribution < -0.4 is 9.80 Å². The Kier molecular flexibility index (Phi) is 8.38. The van der Waals surface area contributed by atoms with Gasteiger partial charge in [0.1, 0.15) is 5.82 Å². The van der Waals surface area contributed by atoms with Crippen molar-refractivity contribution in [3.05, 3.63) is 24.3 Å². The van der Waals surface area contributed by atoms with E-state index >= 15 is 0 Å². The highest BCUT2D eigenvalue weighted by atomic mass is 16.2. The number of para-hydroxylation sites is 1. The maximum Gasteiger partial charge on any atom is 0.242 e. The lowest BCUT2D eigenvalue weighted by atomic mass is 10.2. The molecule has 0 aliphatic heterocycles. The Hall–Kier alpha value is -2.90. The van der Waals surface area contributed by atoms with Gasteiger partial charge in [-0.15, -0.1) is 0 Å². The van der Waals surface area contributed by atoms with Gasteiger partial charge in [0.15, 0.2) is 0 Å². The van der Waals surface area contributed by atoms with E-state index < -0.39 is 0 Å². The van der Waals surface area contributed by atoms with Crippen LogP contribution in [0.4, 0.5) is 11.8 Å². The third kappa shape index (κ3) is 5.37. The Morgan fingerprint density at radius 1 is 0.767 bits per heavy atom. The Morgan fingerprint density at radius 2 is 1.27 bits per heavy atom. The summed E-state index contributed by atoms with van der Waals surface area (Å²) in [5, 5.41) is 0.875. The molecule has 30 heavy (non-hydrogen) atoms. The maximum atomic E-state index is 12.6. The lowest BCUT2D eigenvalue weighted by molar-refractivity contribution is -0.130. The molecule has 0 saturated heterocycles. The van der Waals surface area contributed by atoms with Crippen molar-refractivity contribution in [1.29, 1.82) is 0 Å². The third-order valence-electron chi connectivity index (χ3n) is 5.25. The molecule has 1 aromatic carbocycles. The highest BCUT2D eigenvalue weighted by Gasteiger charge is 2.20. The predicted octanol–water partition coefficient (Wildman–Crippen LogP) is 2.24. The minimum absolute atomic E-state index is 0.0332. The van der Waals surface area contributed by atoms with E-state index in [1.807, 2.05) is 71.0 Å². The summed E-state index contributed by atoms with van der Waals surface area (Å²) in [6.07, 6.45) is 0. The van der Waals surface area contributed by atoms with E-state index in [-0.39, 0.29) is 24.9 Å². The lowest BCUT2D eigenvalue weighted by Gasteiger charge is -2.26. The molecule has 0 radical (unpaired) electrons. The number of likely N-dealkylation sites (N-methyl/N-ethyl adjacent to an activating group) is 4. The zero-order valence-corrected chi connectivity index (χ0v) is 19.1. The number of anilines is 2. The predicted molar refractivity (Wildman–Crippen MR) is 122 cm³/mol. The quantitative estimate of drug-likeness (QED) is 0.594. The monoisotopic (exact) mass is 414 g/mol. The molecule has 2 amide bonds. The summed E-state index contributed by atoms with van der Waals surface area (Å²) in [4.78, 5) is 41.7. The molecular formula is C22H34N6O2. The van der Waals surface area contributed by atoms with Crippen molar-refractivity contribution in [3.63, 3.8) is 0 Å². The minimum atomic E-state index is 0.0332. The summed E-state index contributed by atoms with van der Waals surface area (Å²) in [7, 11) is 3.68. The number of hydrogen-bond acceptors (Lipinski definition) is 6. The molecule has 0 aliphatic carbocycles. The molecule has 0 spiro atoms. The van der Waals surface area contributed by atoms with Gasteiger partial charge in [-0.25, -0.2) is 4.98 Å². The second-order valence-electron chi connectivity index (χ2n) is 7.21. The van der Waals surface area contributed by atoms with Crippen molar-refractivity contribution in [2.24, 2.45) is 0 Å². The normalized spacial score (nSPS) is 10.7. The Bertz CT molecular complexity index is 864. The molecule has 8 heteroatoms. The Morgan fingerprint density at radius 3 is 1.80 bits per heavy atom. The van der Waals surface area contributed by atoms with Gasteiger partial charge in [-0.05, 0) is 39.8 Å². The van der Waals surface area contributed by atoms with Crippen LogP contribution in [0.25, 0.3) is 10.9 Å². The number of benzene rings is 1. The van der Waals surface area contributed by atoms with E-state index in [4.69, 9.17) is 4.98 Å². The number of rotatable bonds is 10. The van der Waals surface area contributed by atoms with Gasteiger partial charge >= 0.3 is 0 Å². The number of fused-ring (bicyclic) bond motifs is 1. The smallest absolute Gasteiger partial charge is 0.242 e. The van der Waals surface area contributed by atoms with Crippen LogP contribution >= 0.6 is 0 Å². The number of hydrogen-bond donors (Lipinski definition) is 0. The minimum Gasteiger partial charge on any atom is -0.350 e. The largest absolute Gasteiger partial charge is 0.350 e. The van der Waals surface area contributed by atoms with Crippen LogP contribution in [-0.4, -0.2) is 84.9 Å². The molecular weight excluding hydrogens is 380 g/mol. The fourth-order valence-corrected chi connectivity index (χ4v) is 3.41. The number of carbonyl (C=O) groups excluding carboxylic acids is 2. The molecule has 0 aliphatic rings. The highest BCUT2D eigenvalue weighted by Crippen LogP contribution is 2.25. The van der Waals surface area contributed by atoms with Gasteiger partial charge < -0.3 is 19.6 Å². The number of amides is 2. The van der Waals surface area contributed by atoms with Crippen LogP contribution in [0.15, 0.2) is 24.3 Å². The summed E-state index contributed by atoms with van der Waals surface area (Å²) in [5.74, 6) is 1.23. The van der Waals surface area contributed by atoms with Gasteiger partial charge in [0.2, 0.25) is 17.8 Å². The molecule has 0 unspecified atom stereocenters. The van der Waals surface area contributed by atoms with Crippen LogP contribution in [0.1, 0.15) is 27.7 Å². The van der Waals surface area contributed by atoms with Crippen molar-refractivity contribution in [3.8, 4) is 0 Å². The van der Waals surface area contributed by atoms with E-state index in [1.54, 1.807) is 14.7 Å². The first kappa shape index (κ1) is 23.4. The molecule has 2 aromatic rings. The lowest BCUT2D eigenvalue weighted by Crippen LogP contribution is -2.40. The molecule has 0 bridgehead atoms. The van der Waals surface area contributed by atoms with Gasteiger partial charge in [0.05, 0.1) is 18.6 Å². The van der Waals surface area contributed by atoms with Crippen LogP contribution in [0.2, 0.25) is 0 Å². The molecule has 0 fully saturated rings. The van der Waals surface area contributed by atoms with Crippen molar-refractivity contribution in [2.75, 3.05) is 63.2 Å². The van der Waals surface area contributed by atoms with Crippen molar-refractivity contribution < 1.29 is 9.59 Å². The topological polar surface area (TPSA) is 72.9 Å². The average molecular weight is 415 g/mol. The van der Waals surface area contributed by atoms with Gasteiger partial charge in [-0.1, -0.05) is 12.1 Å². The first-order valence-electron chi connectivity index (χ1n) is 10.6. The van der Waals surface area contributed by atoms with Gasteiger partial charge in [0.25, 0.3) is 0 Å². The molecule has 1 heterocycles. The fourth-order valence-electron chi connectivity index (χ4n) is 3.41. The average Bonchev–Trinajstić information content (AvgIpc) is 2.74. The van der Waals surface area contributed by atoms with E-state index in [0.29, 0.717) is 37.9 Å². The number of carbonyl (C=O) groups is 2. The summed E-state index contributed by atoms with van der Waals surface area (Å²) in [6, 6.07) is 7.73. The summed E-state index contributed by atoms with van der Waals surface area (Å²) < 4.78 is 0. The van der Waals surface area contributed by atoms with Gasteiger partial charge in [-0.2, -0.15) is 4.98 Å². The van der Waals surface area contributed by atoms with E-state index in [9.17, 15) is 9.59 Å². The third-order valence-corrected chi connectivity index (χ3v) is 5.25. The number of nitrogens with zero attached hydrogens (tertiary/aromatic N) is 6. The number of aromatic nitrogens is 2. The summed E-state index contributed by atoms with van der Waals surface area (Å²) in [5.41, 5.74) is 0.779. The van der Waals surface area contributed by atoms with Crippen LogP contribution in [0, 0.1) is 0 Å². The molecule has 164 valence electrons. The molecule has 8 nitrogen and oxygen atoms in total. The van der Waals surface area contributed by atoms with Crippen LogP contribution in [0.5, 0.6) is 0 Å². The first-order chi connectivity index (χ1) is 14.4. The molecule has 0 atom stereocenters. The molecule has 0 saturated carbocycles. The van der Waals surface area contributed by atoms with Crippen molar-refractivity contribution >= 4 is 34.5 Å². The molecule has 0 N–H and O–H groups in total. The SMILES string of the molecule is CCN(CC)C(=O)CN(C)c1nc(N(C)CC(=O)N(CC)CC)c2ccccc2n1. The summed E-state index contributed by atoms with van der Waals surface area (Å²) >= 11 is 0. The summed E-state index contributed by atoms with van der Waals surface area (Å²) in [6.45, 7) is 11.0. The van der Waals surface area contributed by atoms with Gasteiger partial charge in [-0.3, -0.25) is 9.59 Å². The van der Waals surface area contributed by atoms with E-state index in [2.05, 4.69) is 4.98 Å².